The Morgan fingerprint density at radius 3 is 2.78 bits per heavy atom. The quantitative estimate of drug-likeness (QED) is 0.863. The van der Waals surface area contributed by atoms with E-state index in [0.717, 1.165) is 43.1 Å². The first-order valence-electron chi connectivity index (χ1n) is 8.19. The lowest BCUT2D eigenvalue weighted by atomic mass is 10.0. The summed E-state index contributed by atoms with van der Waals surface area (Å²) in [7, 11) is 0. The number of anilines is 1. The van der Waals surface area contributed by atoms with Crippen LogP contribution in [0.1, 0.15) is 31.7 Å². The minimum atomic E-state index is -0.217. The second-order valence-electron chi connectivity index (χ2n) is 6.32. The molecule has 0 aliphatic carbocycles. The molecule has 0 spiro atoms. The first kappa shape index (κ1) is 16.1. The third-order valence-corrected chi connectivity index (χ3v) is 4.85. The van der Waals surface area contributed by atoms with Crippen LogP contribution in [0.5, 0.6) is 0 Å². The predicted molar refractivity (Wildman–Crippen MR) is 94.3 cm³/mol. The molecular weight excluding hydrogens is 310 g/mol. The first-order chi connectivity index (χ1) is 11.1. The van der Waals surface area contributed by atoms with Crippen molar-refractivity contribution < 1.29 is 0 Å². The zero-order valence-electron chi connectivity index (χ0n) is 13.4. The van der Waals surface area contributed by atoms with Gasteiger partial charge < -0.3 is 4.90 Å². The minimum Gasteiger partial charge on any atom is -0.369 e. The molecule has 1 unspecified atom stereocenters. The molecule has 2 heterocycles. The lowest BCUT2D eigenvalue weighted by Crippen LogP contribution is -2.30. The van der Waals surface area contributed by atoms with Crippen molar-refractivity contribution in [2.24, 2.45) is 5.92 Å². The molecular formula is C18H22ClN3O. The highest BCUT2D eigenvalue weighted by Gasteiger charge is 2.19. The van der Waals surface area contributed by atoms with Crippen molar-refractivity contribution in [2.75, 3.05) is 18.0 Å². The van der Waals surface area contributed by atoms with Crippen molar-refractivity contribution in [3.63, 3.8) is 0 Å². The van der Waals surface area contributed by atoms with E-state index in [9.17, 15) is 4.79 Å². The Bertz CT molecular complexity index is 714. The second kappa shape index (κ2) is 7.18. The van der Waals surface area contributed by atoms with Gasteiger partial charge in [-0.15, -0.1) is 0 Å². The van der Waals surface area contributed by atoms with Crippen LogP contribution in [0.2, 0.25) is 5.02 Å². The fourth-order valence-corrected chi connectivity index (χ4v) is 3.32. The predicted octanol–water partition coefficient (Wildman–Crippen LogP) is 3.57. The Morgan fingerprint density at radius 1 is 1.22 bits per heavy atom. The summed E-state index contributed by atoms with van der Waals surface area (Å²) in [6.07, 6.45) is 5.23. The van der Waals surface area contributed by atoms with E-state index in [1.165, 1.54) is 11.1 Å². The molecule has 1 aromatic carbocycles. The van der Waals surface area contributed by atoms with Crippen LogP contribution in [0.4, 0.5) is 5.69 Å². The van der Waals surface area contributed by atoms with Gasteiger partial charge in [0, 0.05) is 13.1 Å². The molecule has 5 heteroatoms. The summed E-state index contributed by atoms with van der Waals surface area (Å²) in [4.78, 5) is 14.7. The summed E-state index contributed by atoms with van der Waals surface area (Å²) < 4.78 is 1.43. The number of hydrogen-bond donors (Lipinski definition) is 0. The van der Waals surface area contributed by atoms with Crippen LogP contribution in [-0.4, -0.2) is 22.9 Å². The lowest BCUT2D eigenvalue weighted by Gasteiger charge is -2.23. The summed E-state index contributed by atoms with van der Waals surface area (Å²) in [5.41, 5.74) is 1.59. The lowest BCUT2D eigenvalue weighted by molar-refractivity contribution is 0.521. The van der Waals surface area contributed by atoms with Crippen LogP contribution in [0.3, 0.4) is 0 Å². The molecule has 0 amide bonds. The smallest absolute Gasteiger partial charge is 0.287 e. The second-order valence-corrected chi connectivity index (χ2v) is 6.69. The number of rotatable bonds is 3. The molecule has 1 atom stereocenters. The molecule has 1 aliphatic rings. The maximum atomic E-state index is 12.5. The highest BCUT2D eigenvalue weighted by atomic mass is 35.5. The normalized spacial score (nSPS) is 18.7. The van der Waals surface area contributed by atoms with Gasteiger partial charge in [-0.25, -0.2) is 4.68 Å². The van der Waals surface area contributed by atoms with Crippen LogP contribution >= 0.6 is 11.6 Å². The molecule has 1 aromatic heterocycles. The van der Waals surface area contributed by atoms with E-state index in [-0.39, 0.29) is 10.6 Å². The Kier molecular flexibility index (Phi) is 5.01. The van der Waals surface area contributed by atoms with Gasteiger partial charge in [0.1, 0.15) is 5.02 Å². The number of hydrogen-bond acceptors (Lipinski definition) is 3. The van der Waals surface area contributed by atoms with Gasteiger partial charge in [0.05, 0.1) is 18.4 Å². The van der Waals surface area contributed by atoms with Gasteiger partial charge in [0.2, 0.25) is 0 Å². The molecule has 3 rings (SSSR count). The zero-order chi connectivity index (χ0) is 16.2. The van der Waals surface area contributed by atoms with Gasteiger partial charge in [-0.3, -0.25) is 4.79 Å². The maximum Gasteiger partial charge on any atom is 0.287 e. The maximum absolute atomic E-state index is 12.5. The van der Waals surface area contributed by atoms with Gasteiger partial charge in [0.15, 0.2) is 0 Å². The van der Waals surface area contributed by atoms with Crippen molar-refractivity contribution >= 4 is 17.3 Å². The van der Waals surface area contributed by atoms with Crippen molar-refractivity contribution in [3.05, 3.63) is 57.5 Å². The molecule has 2 aromatic rings. The molecule has 4 nitrogen and oxygen atoms in total. The average Bonchev–Trinajstić information content (AvgIpc) is 2.78. The number of nitrogens with zero attached hydrogens (tertiary/aromatic N) is 3. The van der Waals surface area contributed by atoms with Gasteiger partial charge in [-0.2, -0.15) is 5.10 Å². The van der Waals surface area contributed by atoms with Gasteiger partial charge in [-0.1, -0.05) is 48.9 Å². The summed E-state index contributed by atoms with van der Waals surface area (Å²) in [6.45, 7) is 4.59. The molecule has 1 aliphatic heterocycles. The van der Waals surface area contributed by atoms with Crippen LogP contribution < -0.4 is 10.5 Å². The molecule has 23 heavy (non-hydrogen) atoms. The SMILES string of the molecule is CC1CCCN(c2cnn(Cc3ccccc3)c(=O)c2Cl)CC1. The minimum absolute atomic E-state index is 0.217. The number of aromatic nitrogens is 2. The Morgan fingerprint density at radius 2 is 2.00 bits per heavy atom. The Hall–Kier alpha value is -1.81. The Balaban J connectivity index is 1.84. The fourth-order valence-electron chi connectivity index (χ4n) is 3.05. The third kappa shape index (κ3) is 3.75. The monoisotopic (exact) mass is 331 g/mol. The molecule has 0 saturated carbocycles. The first-order valence-corrected chi connectivity index (χ1v) is 8.57. The average molecular weight is 332 g/mol. The van der Waals surface area contributed by atoms with E-state index in [2.05, 4.69) is 16.9 Å². The van der Waals surface area contributed by atoms with E-state index in [4.69, 9.17) is 11.6 Å². The van der Waals surface area contributed by atoms with Crippen LogP contribution in [0.15, 0.2) is 41.3 Å². The van der Waals surface area contributed by atoms with Crippen molar-refractivity contribution in [2.45, 2.75) is 32.7 Å². The topological polar surface area (TPSA) is 38.1 Å². The summed E-state index contributed by atoms with van der Waals surface area (Å²) >= 11 is 6.37. The van der Waals surface area contributed by atoms with Gasteiger partial charge in [-0.05, 0) is 30.7 Å². The molecule has 0 radical (unpaired) electrons. The molecule has 122 valence electrons. The molecule has 0 N–H and O–H groups in total. The summed E-state index contributed by atoms with van der Waals surface area (Å²) in [5.74, 6) is 0.727. The number of benzene rings is 1. The van der Waals surface area contributed by atoms with Crippen LogP contribution in [0, 0.1) is 5.92 Å². The fraction of sp³-hybridized carbons (Fsp3) is 0.444. The van der Waals surface area contributed by atoms with Gasteiger partial charge in [0.25, 0.3) is 5.56 Å². The van der Waals surface area contributed by atoms with Crippen molar-refractivity contribution in [1.29, 1.82) is 0 Å². The summed E-state index contributed by atoms with van der Waals surface area (Å²) in [6, 6.07) is 9.82. The highest BCUT2D eigenvalue weighted by Crippen LogP contribution is 2.26. The molecule has 1 saturated heterocycles. The summed E-state index contributed by atoms with van der Waals surface area (Å²) in [5, 5.41) is 4.62. The van der Waals surface area contributed by atoms with Gasteiger partial charge >= 0.3 is 0 Å². The largest absolute Gasteiger partial charge is 0.369 e. The third-order valence-electron chi connectivity index (χ3n) is 4.50. The number of halogens is 1. The zero-order valence-corrected chi connectivity index (χ0v) is 14.2. The van der Waals surface area contributed by atoms with E-state index >= 15 is 0 Å². The van der Waals surface area contributed by atoms with Crippen molar-refractivity contribution in [1.82, 2.24) is 9.78 Å². The standard InChI is InChI=1S/C18H22ClN3O/c1-14-6-5-10-21(11-9-14)16-12-20-22(18(23)17(16)19)13-15-7-3-2-4-8-15/h2-4,7-8,12,14H,5-6,9-11,13H2,1H3. The van der Waals surface area contributed by atoms with Crippen LogP contribution in [0.25, 0.3) is 0 Å². The molecule has 0 bridgehead atoms. The van der Waals surface area contributed by atoms with Crippen molar-refractivity contribution in [3.8, 4) is 0 Å². The Labute approximate surface area is 141 Å². The van der Waals surface area contributed by atoms with E-state index in [0.29, 0.717) is 6.54 Å². The van der Waals surface area contributed by atoms with E-state index in [1.54, 1.807) is 6.20 Å². The highest BCUT2D eigenvalue weighted by molar-refractivity contribution is 6.33. The van der Waals surface area contributed by atoms with Crippen LogP contribution in [-0.2, 0) is 6.54 Å². The molecule has 1 fully saturated rings. The van der Waals surface area contributed by atoms with E-state index < -0.39 is 0 Å². The van der Waals surface area contributed by atoms with E-state index in [1.807, 2.05) is 30.3 Å².